The molecule has 0 saturated carbocycles. The molecule has 0 aliphatic carbocycles. The van der Waals surface area contributed by atoms with Gasteiger partial charge in [-0.3, -0.25) is 0 Å². The van der Waals surface area contributed by atoms with Crippen molar-refractivity contribution < 1.29 is 5.11 Å². The Morgan fingerprint density at radius 2 is 2.08 bits per heavy atom. The zero-order chi connectivity index (χ0) is 18.8. The highest BCUT2D eigenvalue weighted by Crippen LogP contribution is 2.05. The molecule has 0 aliphatic rings. The lowest BCUT2D eigenvalue weighted by atomic mass is 10.3. The lowest BCUT2D eigenvalue weighted by Crippen LogP contribution is -2.20. The van der Waals surface area contributed by atoms with Crippen molar-refractivity contribution in [3.05, 3.63) is 30.5 Å². The van der Waals surface area contributed by atoms with E-state index in [9.17, 15) is 0 Å². The molecule has 1 aromatic rings. The van der Waals surface area contributed by atoms with Crippen LogP contribution in [0.4, 0.5) is 0 Å². The van der Waals surface area contributed by atoms with Gasteiger partial charge >= 0.3 is 0 Å². The largest absolute Gasteiger partial charge is 0.396 e. The van der Waals surface area contributed by atoms with Crippen molar-refractivity contribution in [3.8, 4) is 0 Å². The Morgan fingerprint density at radius 1 is 1.42 bits per heavy atom. The molecule has 0 radical (unpaired) electrons. The summed E-state index contributed by atoms with van der Waals surface area (Å²) in [5, 5.41) is 11.5. The molecule has 0 bridgehead atoms. The molecule has 1 heterocycles. The number of amidine groups is 1. The number of aromatic nitrogens is 2. The number of aliphatic imine (C=N–C) groups is 1. The minimum Gasteiger partial charge on any atom is -0.396 e. The Kier molecular flexibility index (Phi) is 18.1. The predicted octanol–water partition coefficient (Wildman–Crippen LogP) is 2.84. The summed E-state index contributed by atoms with van der Waals surface area (Å²) >= 11 is 0. The third kappa shape index (κ3) is 11.0. The molecule has 0 unspecified atom stereocenters. The standard InChI is InChI=1S/C11H19N5.C5H12O.C2H6/c1-4-13-6-7-16-8-15-10(9(16)3)11(12)14-5-2;1-2-3-4-5-6;1-2/h5,8,13H,2,4,6-7H2,1,3H3,(H2,12,14);6H,2-5H2,1H3;1-2H3. The predicted molar refractivity (Wildman–Crippen MR) is 104 cm³/mol. The summed E-state index contributed by atoms with van der Waals surface area (Å²) in [6.45, 7) is 16.8. The lowest BCUT2D eigenvalue weighted by Gasteiger charge is -2.05. The van der Waals surface area contributed by atoms with Crippen molar-refractivity contribution in [2.75, 3.05) is 19.7 Å². The molecule has 0 amide bonds. The van der Waals surface area contributed by atoms with E-state index in [-0.39, 0.29) is 0 Å². The molecule has 6 nitrogen and oxygen atoms in total. The van der Waals surface area contributed by atoms with Gasteiger partial charge in [-0.1, -0.05) is 47.1 Å². The molecular weight excluding hydrogens is 302 g/mol. The van der Waals surface area contributed by atoms with Crippen LogP contribution < -0.4 is 11.1 Å². The van der Waals surface area contributed by atoms with Crippen molar-refractivity contribution in [3.63, 3.8) is 0 Å². The van der Waals surface area contributed by atoms with E-state index in [0.717, 1.165) is 43.9 Å². The maximum atomic E-state index is 8.20. The minimum absolute atomic E-state index is 0.355. The monoisotopic (exact) mass is 339 g/mol. The van der Waals surface area contributed by atoms with Crippen LogP contribution >= 0.6 is 0 Å². The second kappa shape index (κ2) is 17.7. The van der Waals surface area contributed by atoms with Crippen molar-refractivity contribution in [1.29, 1.82) is 0 Å². The van der Waals surface area contributed by atoms with Gasteiger partial charge in [0.05, 0.1) is 6.33 Å². The molecule has 0 atom stereocenters. The van der Waals surface area contributed by atoms with Crippen LogP contribution in [0.3, 0.4) is 0 Å². The van der Waals surface area contributed by atoms with Crippen LogP contribution in [0, 0.1) is 6.92 Å². The first kappa shape index (κ1) is 24.6. The first-order valence-electron chi connectivity index (χ1n) is 8.90. The van der Waals surface area contributed by atoms with Gasteiger partial charge in [0, 0.05) is 31.6 Å². The van der Waals surface area contributed by atoms with Gasteiger partial charge in [-0.2, -0.15) is 0 Å². The number of aliphatic hydroxyl groups is 1. The highest BCUT2D eigenvalue weighted by atomic mass is 16.2. The van der Waals surface area contributed by atoms with E-state index in [0.29, 0.717) is 12.4 Å². The number of hydrogen-bond acceptors (Lipinski definition) is 4. The number of likely N-dealkylation sites (N-methyl/N-ethyl adjacent to an activating group) is 1. The van der Waals surface area contributed by atoms with E-state index in [1.54, 1.807) is 6.33 Å². The Balaban J connectivity index is 0. The zero-order valence-electron chi connectivity index (χ0n) is 16.2. The van der Waals surface area contributed by atoms with Crippen molar-refractivity contribution in [2.24, 2.45) is 10.7 Å². The Bertz CT molecular complexity index is 437. The van der Waals surface area contributed by atoms with Gasteiger partial charge in [0.15, 0.2) is 5.84 Å². The SMILES string of the molecule is C=CN=C(N)c1ncn(CCNCC)c1C.CC.CCCCCO. The molecule has 4 N–H and O–H groups in total. The highest BCUT2D eigenvalue weighted by Gasteiger charge is 2.08. The molecule has 6 heteroatoms. The molecule has 24 heavy (non-hydrogen) atoms. The number of rotatable bonds is 9. The molecular formula is C18H37N5O. The maximum absolute atomic E-state index is 8.20. The highest BCUT2D eigenvalue weighted by molar-refractivity contribution is 5.97. The first-order chi connectivity index (χ1) is 11.6. The van der Waals surface area contributed by atoms with E-state index < -0.39 is 0 Å². The fraction of sp³-hybridized carbons (Fsp3) is 0.667. The summed E-state index contributed by atoms with van der Waals surface area (Å²) in [4.78, 5) is 8.18. The van der Waals surface area contributed by atoms with Crippen LogP contribution in [0.5, 0.6) is 0 Å². The van der Waals surface area contributed by atoms with E-state index in [1.807, 2.05) is 20.8 Å². The molecule has 0 aromatic carbocycles. The quantitative estimate of drug-likeness (QED) is 0.367. The van der Waals surface area contributed by atoms with E-state index in [2.05, 4.69) is 40.3 Å². The van der Waals surface area contributed by atoms with E-state index in [1.165, 1.54) is 12.6 Å². The molecule has 1 aromatic heterocycles. The van der Waals surface area contributed by atoms with Gasteiger partial charge in [-0.25, -0.2) is 9.98 Å². The number of nitrogens with zero attached hydrogens (tertiary/aromatic N) is 3. The smallest absolute Gasteiger partial charge is 0.151 e. The minimum atomic E-state index is 0.355. The van der Waals surface area contributed by atoms with Gasteiger partial charge < -0.3 is 20.7 Å². The molecule has 0 saturated heterocycles. The lowest BCUT2D eigenvalue weighted by molar-refractivity contribution is 0.284. The molecule has 0 fully saturated rings. The first-order valence-corrected chi connectivity index (χ1v) is 8.90. The number of aliphatic hydroxyl groups excluding tert-OH is 1. The van der Waals surface area contributed by atoms with E-state index >= 15 is 0 Å². The Morgan fingerprint density at radius 3 is 2.54 bits per heavy atom. The Labute approximate surface area is 147 Å². The second-order valence-electron chi connectivity index (χ2n) is 4.85. The second-order valence-corrected chi connectivity index (χ2v) is 4.85. The summed E-state index contributed by atoms with van der Waals surface area (Å²) in [6.07, 6.45) is 6.54. The van der Waals surface area contributed by atoms with Crippen molar-refractivity contribution in [1.82, 2.24) is 14.9 Å². The van der Waals surface area contributed by atoms with Crippen LogP contribution in [0.1, 0.15) is 58.3 Å². The van der Waals surface area contributed by atoms with Gasteiger partial charge in [0.2, 0.25) is 0 Å². The van der Waals surface area contributed by atoms with Crippen LogP contribution in [0.15, 0.2) is 24.1 Å². The molecule has 140 valence electrons. The fourth-order valence-corrected chi connectivity index (χ4v) is 1.82. The number of hydrogen-bond donors (Lipinski definition) is 3. The van der Waals surface area contributed by atoms with Gasteiger partial charge in [0.1, 0.15) is 5.69 Å². The zero-order valence-corrected chi connectivity index (χ0v) is 16.2. The molecule has 1 rings (SSSR count). The summed E-state index contributed by atoms with van der Waals surface area (Å²) in [5.74, 6) is 0.412. The molecule has 0 spiro atoms. The van der Waals surface area contributed by atoms with E-state index in [4.69, 9.17) is 10.8 Å². The average Bonchev–Trinajstić information content (AvgIpc) is 2.97. The normalized spacial score (nSPS) is 10.3. The number of unbranched alkanes of at least 4 members (excludes halogenated alkanes) is 2. The number of nitrogens with two attached hydrogens (primary N) is 1. The number of imidazole rings is 1. The van der Waals surface area contributed by atoms with Crippen molar-refractivity contribution >= 4 is 5.84 Å². The maximum Gasteiger partial charge on any atom is 0.151 e. The average molecular weight is 340 g/mol. The topological polar surface area (TPSA) is 88.5 Å². The molecule has 0 aliphatic heterocycles. The summed E-state index contributed by atoms with van der Waals surface area (Å²) in [5.41, 5.74) is 7.52. The summed E-state index contributed by atoms with van der Waals surface area (Å²) in [7, 11) is 0. The third-order valence-corrected chi connectivity index (χ3v) is 3.11. The van der Waals surface area contributed by atoms with Crippen LogP contribution in [-0.4, -0.2) is 40.2 Å². The van der Waals surface area contributed by atoms with Crippen LogP contribution in [0.2, 0.25) is 0 Å². The van der Waals surface area contributed by atoms with Gasteiger partial charge in [0.25, 0.3) is 0 Å². The van der Waals surface area contributed by atoms with Gasteiger partial charge in [-0.05, 0) is 19.9 Å². The number of nitrogens with one attached hydrogen (secondary N) is 1. The van der Waals surface area contributed by atoms with Crippen molar-refractivity contribution in [2.45, 2.75) is 60.4 Å². The summed E-state index contributed by atoms with van der Waals surface area (Å²) < 4.78 is 2.06. The summed E-state index contributed by atoms with van der Waals surface area (Å²) in [6, 6.07) is 0. The van der Waals surface area contributed by atoms with Crippen LogP contribution in [0.25, 0.3) is 0 Å². The van der Waals surface area contributed by atoms with Gasteiger partial charge in [-0.15, -0.1) is 0 Å². The Hall–Kier alpha value is -1.66. The third-order valence-electron chi connectivity index (χ3n) is 3.11. The van der Waals surface area contributed by atoms with Crippen LogP contribution in [-0.2, 0) is 6.54 Å². The fourth-order valence-electron chi connectivity index (χ4n) is 1.82.